The lowest BCUT2D eigenvalue weighted by molar-refractivity contribution is 0.922. The number of anilines is 2. The van der Waals surface area contributed by atoms with Gasteiger partial charge in [0.05, 0.1) is 4.47 Å². The smallest absolute Gasteiger partial charge is 0.144 e. The fraction of sp³-hybridized carbons (Fsp3) is 0.214. The van der Waals surface area contributed by atoms with Gasteiger partial charge < -0.3 is 5.32 Å². The molecule has 0 saturated carbocycles. The van der Waals surface area contributed by atoms with Gasteiger partial charge in [0, 0.05) is 16.4 Å². The van der Waals surface area contributed by atoms with Gasteiger partial charge in [0.25, 0.3) is 0 Å². The molecule has 0 aliphatic rings. The van der Waals surface area contributed by atoms with Gasteiger partial charge >= 0.3 is 0 Å². The van der Waals surface area contributed by atoms with Gasteiger partial charge in [0.2, 0.25) is 0 Å². The average molecular weight is 370 g/mol. The zero-order valence-electron chi connectivity index (χ0n) is 10.1. The SMILES string of the molecule is CCCc1ccc(Nc2ncc(Br)cc2Br)cc1. The first-order valence-electron chi connectivity index (χ1n) is 5.86. The highest BCUT2D eigenvalue weighted by Crippen LogP contribution is 2.26. The minimum Gasteiger partial charge on any atom is -0.339 e. The fourth-order valence-corrected chi connectivity index (χ4v) is 2.77. The second-order valence-electron chi connectivity index (χ2n) is 4.06. The van der Waals surface area contributed by atoms with Crippen LogP contribution < -0.4 is 5.32 Å². The van der Waals surface area contributed by atoms with Crippen LogP contribution in [0.1, 0.15) is 18.9 Å². The van der Waals surface area contributed by atoms with E-state index in [1.165, 1.54) is 12.0 Å². The van der Waals surface area contributed by atoms with Crippen LogP contribution in [-0.2, 0) is 6.42 Å². The van der Waals surface area contributed by atoms with Crippen molar-refractivity contribution in [2.24, 2.45) is 0 Å². The van der Waals surface area contributed by atoms with Crippen molar-refractivity contribution in [2.75, 3.05) is 5.32 Å². The molecule has 94 valence electrons. The molecule has 1 aromatic carbocycles. The number of aryl methyl sites for hydroxylation is 1. The second kappa shape index (κ2) is 6.34. The Kier molecular flexibility index (Phi) is 4.78. The summed E-state index contributed by atoms with van der Waals surface area (Å²) >= 11 is 6.88. The van der Waals surface area contributed by atoms with Crippen molar-refractivity contribution >= 4 is 43.4 Å². The summed E-state index contributed by atoms with van der Waals surface area (Å²) in [6.07, 6.45) is 4.08. The Bertz CT molecular complexity index is 524. The summed E-state index contributed by atoms with van der Waals surface area (Å²) in [6.45, 7) is 2.19. The highest BCUT2D eigenvalue weighted by atomic mass is 79.9. The highest BCUT2D eigenvalue weighted by Gasteiger charge is 2.02. The van der Waals surface area contributed by atoms with E-state index in [0.29, 0.717) is 0 Å². The third kappa shape index (κ3) is 3.56. The molecule has 18 heavy (non-hydrogen) atoms. The van der Waals surface area contributed by atoms with E-state index in [1.807, 2.05) is 6.07 Å². The largest absolute Gasteiger partial charge is 0.339 e. The maximum absolute atomic E-state index is 4.33. The molecule has 4 heteroatoms. The first-order valence-corrected chi connectivity index (χ1v) is 7.44. The molecule has 0 aliphatic carbocycles. The highest BCUT2D eigenvalue weighted by molar-refractivity contribution is 9.11. The predicted molar refractivity (Wildman–Crippen MR) is 83.4 cm³/mol. The summed E-state index contributed by atoms with van der Waals surface area (Å²) in [5, 5.41) is 3.29. The van der Waals surface area contributed by atoms with E-state index in [4.69, 9.17) is 0 Å². The van der Waals surface area contributed by atoms with E-state index in [0.717, 1.165) is 26.9 Å². The Morgan fingerprint density at radius 2 is 1.89 bits per heavy atom. The van der Waals surface area contributed by atoms with Gasteiger partial charge in [-0.3, -0.25) is 0 Å². The van der Waals surface area contributed by atoms with Crippen molar-refractivity contribution in [1.29, 1.82) is 0 Å². The molecule has 2 nitrogen and oxygen atoms in total. The molecule has 0 saturated heterocycles. The zero-order chi connectivity index (χ0) is 13.0. The van der Waals surface area contributed by atoms with E-state index in [9.17, 15) is 0 Å². The quantitative estimate of drug-likeness (QED) is 0.790. The van der Waals surface area contributed by atoms with Crippen LogP contribution in [0.5, 0.6) is 0 Å². The molecule has 0 fully saturated rings. The summed E-state index contributed by atoms with van der Waals surface area (Å²) in [6, 6.07) is 10.4. The van der Waals surface area contributed by atoms with Crippen molar-refractivity contribution in [3.05, 3.63) is 51.0 Å². The van der Waals surface area contributed by atoms with Gasteiger partial charge in [-0.25, -0.2) is 4.98 Å². The van der Waals surface area contributed by atoms with E-state index < -0.39 is 0 Å². The molecule has 0 spiro atoms. The second-order valence-corrected chi connectivity index (χ2v) is 5.83. The van der Waals surface area contributed by atoms with E-state index in [1.54, 1.807) is 6.20 Å². The lowest BCUT2D eigenvalue weighted by Crippen LogP contribution is -1.95. The summed E-state index contributed by atoms with van der Waals surface area (Å²) < 4.78 is 1.90. The molecule has 0 aliphatic heterocycles. The van der Waals surface area contributed by atoms with Crippen LogP contribution >= 0.6 is 31.9 Å². The van der Waals surface area contributed by atoms with Crippen LogP contribution in [0.2, 0.25) is 0 Å². The van der Waals surface area contributed by atoms with Crippen molar-refractivity contribution in [3.63, 3.8) is 0 Å². The number of benzene rings is 1. The Morgan fingerprint density at radius 1 is 1.17 bits per heavy atom. The Hall–Kier alpha value is -0.870. The van der Waals surface area contributed by atoms with E-state index >= 15 is 0 Å². The molecule has 1 heterocycles. The van der Waals surface area contributed by atoms with Crippen LogP contribution in [0.4, 0.5) is 11.5 Å². The number of nitrogens with one attached hydrogen (secondary N) is 1. The molecule has 2 rings (SSSR count). The summed E-state index contributed by atoms with van der Waals surface area (Å²) in [5.74, 6) is 0.821. The molecule has 0 bridgehead atoms. The first kappa shape index (κ1) is 13.6. The molecular weight excluding hydrogens is 356 g/mol. The molecule has 1 aromatic heterocycles. The van der Waals surface area contributed by atoms with Crippen molar-refractivity contribution < 1.29 is 0 Å². The Labute approximate surface area is 124 Å². The van der Waals surface area contributed by atoms with Crippen molar-refractivity contribution in [3.8, 4) is 0 Å². The monoisotopic (exact) mass is 368 g/mol. The molecule has 0 atom stereocenters. The van der Waals surface area contributed by atoms with E-state index in [-0.39, 0.29) is 0 Å². The summed E-state index contributed by atoms with van der Waals surface area (Å²) in [5.41, 5.74) is 2.41. The van der Waals surface area contributed by atoms with Gasteiger partial charge in [-0.05, 0) is 62.0 Å². The van der Waals surface area contributed by atoms with Crippen molar-refractivity contribution in [2.45, 2.75) is 19.8 Å². The summed E-state index contributed by atoms with van der Waals surface area (Å²) in [4.78, 5) is 4.33. The predicted octanol–water partition coefficient (Wildman–Crippen LogP) is 5.30. The normalized spacial score (nSPS) is 10.4. The molecular formula is C14H14Br2N2. The van der Waals surface area contributed by atoms with Gasteiger partial charge in [0.1, 0.15) is 5.82 Å². The summed E-state index contributed by atoms with van der Waals surface area (Å²) in [7, 11) is 0. The van der Waals surface area contributed by atoms with Crippen LogP contribution in [0.3, 0.4) is 0 Å². The van der Waals surface area contributed by atoms with Gasteiger partial charge in [-0.2, -0.15) is 0 Å². The average Bonchev–Trinajstić information content (AvgIpc) is 2.35. The minimum absolute atomic E-state index is 0.821. The number of halogens is 2. The number of pyridine rings is 1. The van der Waals surface area contributed by atoms with Gasteiger partial charge in [0.15, 0.2) is 0 Å². The standard InChI is InChI=1S/C14H14Br2N2/c1-2-3-10-4-6-12(7-5-10)18-14-13(16)8-11(15)9-17-14/h4-9H,2-3H2,1H3,(H,17,18). The molecule has 0 unspecified atom stereocenters. The fourth-order valence-electron chi connectivity index (χ4n) is 1.69. The van der Waals surface area contributed by atoms with Crippen LogP contribution in [0, 0.1) is 0 Å². The molecule has 0 amide bonds. The van der Waals surface area contributed by atoms with Crippen LogP contribution in [0.15, 0.2) is 45.5 Å². The third-order valence-electron chi connectivity index (χ3n) is 2.56. The lowest BCUT2D eigenvalue weighted by atomic mass is 10.1. The Morgan fingerprint density at radius 3 is 2.50 bits per heavy atom. The minimum atomic E-state index is 0.821. The number of nitrogens with zero attached hydrogens (tertiary/aromatic N) is 1. The first-order chi connectivity index (χ1) is 8.69. The maximum Gasteiger partial charge on any atom is 0.144 e. The molecule has 1 N–H and O–H groups in total. The Balaban J connectivity index is 2.13. The lowest BCUT2D eigenvalue weighted by Gasteiger charge is -2.08. The number of hydrogen-bond donors (Lipinski definition) is 1. The topological polar surface area (TPSA) is 24.9 Å². The van der Waals surface area contributed by atoms with Crippen LogP contribution in [-0.4, -0.2) is 4.98 Å². The number of aromatic nitrogens is 1. The third-order valence-corrected chi connectivity index (χ3v) is 3.60. The maximum atomic E-state index is 4.33. The van der Waals surface area contributed by atoms with Crippen LogP contribution in [0.25, 0.3) is 0 Å². The number of rotatable bonds is 4. The van der Waals surface area contributed by atoms with Gasteiger partial charge in [-0.15, -0.1) is 0 Å². The van der Waals surface area contributed by atoms with E-state index in [2.05, 4.69) is 73.3 Å². The molecule has 2 aromatic rings. The van der Waals surface area contributed by atoms with Gasteiger partial charge in [-0.1, -0.05) is 25.5 Å². The van der Waals surface area contributed by atoms with Crippen molar-refractivity contribution in [1.82, 2.24) is 4.98 Å². The molecule has 0 radical (unpaired) electrons. The zero-order valence-corrected chi connectivity index (χ0v) is 13.3. The number of hydrogen-bond acceptors (Lipinski definition) is 2.